The van der Waals surface area contributed by atoms with E-state index in [1.807, 2.05) is 6.07 Å². The minimum Gasteiger partial charge on any atom is -0.379 e. The highest BCUT2D eigenvalue weighted by atomic mass is 35.5. The Morgan fingerprint density at radius 2 is 2.00 bits per heavy atom. The number of para-hydroxylation sites is 1. The lowest BCUT2D eigenvalue weighted by Crippen LogP contribution is -2.43. The number of amides is 1. The van der Waals surface area contributed by atoms with Gasteiger partial charge in [0.05, 0.1) is 32.0 Å². The van der Waals surface area contributed by atoms with Crippen molar-refractivity contribution in [2.24, 2.45) is 0 Å². The highest BCUT2D eigenvalue weighted by Gasteiger charge is 2.25. The van der Waals surface area contributed by atoms with Crippen LogP contribution in [0.1, 0.15) is 9.67 Å². The first-order valence-electron chi connectivity index (χ1n) is 9.30. The molecule has 0 aliphatic carbocycles. The lowest BCUT2D eigenvalue weighted by molar-refractivity contribution is 0.0391. The predicted octanol–water partition coefficient (Wildman–Crippen LogP) is 3.39. The zero-order valence-electron chi connectivity index (χ0n) is 16.2. The zero-order chi connectivity index (χ0) is 21.3. The van der Waals surface area contributed by atoms with Crippen LogP contribution in [0.25, 0.3) is 10.2 Å². The number of anilines is 1. The number of sulfone groups is 1. The quantitative estimate of drug-likeness (QED) is 0.532. The van der Waals surface area contributed by atoms with E-state index in [9.17, 15) is 13.2 Å². The topological polar surface area (TPSA) is 79.8 Å². The number of aromatic nitrogens is 1. The van der Waals surface area contributed by atoms with E-state index in [0.717, 1.165) is 24.0 Å². The van der Waals surface area contributed by atoms with Crippen LogP contribution in [0.2, 0.25) is 4.34 Å². The third-order valence-corrected chi connectivity index (χ3v) is 8.16. The van der Waals surface area contributed by atoms with Crippen LogP contribution in [-0.2, 0) is 14.6 Å². The maximum Gasteiger partial charge on any atom is 0.270 e. The van der Waals surface area contributed by atoms with Crippen molar-refractivity contribution in [3.05, 3.63) is 39.5 Å². The first-order chi connectivity index (χ1) is 14.3. The number of fused-ring (bicyclic) bond motifs is 1. The number of benzene rings is 1. The zero-order valence-corrected chi connectivity index (χ0v) is 19.4. The summed E-state index contributed by atoms with van der Waals surface area (Å²) in [5.41, 5.74) is 0.397. The Labute approximate surface area is 187 Å². The lowest BCUT2D eigenvalue weighted by Gasteiger charge is -2.29. The van der Waals surface area contributed by atoms with E-state index >= 15 is 0 Å². The Bertz CT molecular complexity index is 1170. The molecule has 30 heavy (non-hydrogen) atoms. The molecule has 3 aromatic rings. The minimum absolute atomic E-state index is 0.169. The molecule has 1 amide bonds. The summed E-state index contributed by atoms with van der Waals surface area (Å²) in [5.74, 6) is -0.194. The SMILES string of the molecule is CS(=O)(=O)c1cccc2sc(N(CCN3CCOCC3)C(=O)c3ccc(Cl)s3)nc12. The second kappa shape index (κ2) is 8.89. The van der Waals surface area contributed by atoms with Crippen molar-refractivity contribution in [1.29, 1.82) is 0 Å². The average molecular weight is 486 g/mol. The normalized spacial score (nSPS) is 15.5. The molecule has 1 aromatic carbocycles. The number of hydrogen-bond acceptors (Lipinski definition) is 8. The van der Waals surface area contributed by atoms with E-state index in [0.29, 0.717) is 46.2 Å². The molecule has 0 unspecified atom stereocenters. The van der Waals surface area contributed by atoms with Gasteiger partial charge in [0.25, 0.3) is 5.91 Å². The van der Waals surface area contributed by atoms with Crippen LogP contribution in [0.5, 0.6) is 0 Å². The molecule has 0 N–H and O–H groups in total. The third kappa shape index (κ3) is 4.68. The number of ether oxygens (including phenoxy) is 1. The highest BCUT2D eigenvalue weighted by Crippen LogP contribution is 2.34. The van der Waals surface area contributed by atoms with Crippen LogP contribution < -0.4 is 4.90 Å². The lowest BCUT2D eigenvalue weighted by atomic mass is 10.3. The van der Waals surface area contributed by atoms with Gasteiger partial charge in [0.15, 0.2) is 15.0 Å². The van der Waals surface area contributed by atoms with Crippen LogP contribution in [0, 0.1) is 0 Å². The molecule has 1 aliphatic rings. The fourth-order valence-electron chi connectivity index (χ4n) is 3.24. The van der Waals surface area contributed by atoms with E-state index in [1.54, 1.807) is 29.2 Å². The molecular formula is C19H20ClN3O4S3. The van der Waals surface area contributed by atoms with Gasteiger partial charge in [-0.1, -0.05) is 29.0 Å². The van der Waals surface area contributed by atoms with Gasteiger partial charge in [-0.15, -0.1) is 11.3 Å². The number of halogens is 1. The Hall–Kier alpha value is -1.56. The molecule has 0 saturated carbocycles. The van der Waals surface area contributed by atoms with E-state index in [2.05, 4.69) is 9.88 Å². The molecule has 11 heteroatoms. The highest BCUT2D eigenvalue weighted by molar-refractivity contribution is 7.91. The van der Waals surface area contributed by atoms with Gasteiger partial charge in [0.1, 0.15) is 5.52 Å². The van der Waals surface area contributed by atoms with Crippen LogP contribution in [-0.4, -0.2) is 69.9 Å². The number of nitrogens with zero attached hydrogens (tertiary/aromatic N) is 3. The maximum absolute atomic E-state index is 13.3. The summed E-state index contributed by atoms with van der Waals surface area (Å²) >= 11 is 8.56. The first-order valence-corrected chi connectivity index (χ1v) is 13.2. The average Bonchev–Trinajstić information content (AvgIpc) is 3.34. The maximum atomic E-state index is 13.3. The molecule has 0 atom stereocenters. The van der Waals surface area contributed by atoms with Gasteiger partial charge in [-0.25, -0.2) is 13.4 Å². The second-order valence-corrected chi connectivity index (χ2v) is 11.6. The van der Waals surface area contributed by atoms with Gasteiger partial charge < -0.3 is 4.74 Å². The van der Waals surface area contributed by atoms with Crippen molar-refractivity contribution in [1.82, 2.24) is 9.88 Å². The second-order valence-electron chi connectivity index (χ2n) is 6.89. The number of carbonyl (C=O) groups is 1. The summed E-state index contributed by atoms with van der Waals surface area (Å²) in [6, 6.07) is 8.45. The van der Waals surface area contributed by atoms with Gasteiger partial charge in [0, 0.05) is 32.4 Å². The molecule has 3 heterocycles. The number of rotatable bonds is 6. The molecule has 1 fully saturated rings. The molecule has 1 aliphatic heterocycles. The Morgan fingerprint density at radius 1 is 1.23 bits per heavy atom. The largest absolute Gasteiger partial charge is 0.379 e. The van der Waals surface area contributed by atoms with Gasteiger partial charge in [-0.05, 0) is 24.3 Å². The van der Waals surface area contributed by atoms with Gasteiger partial charge in [-0.3, -0.25) is 14.6 Å². The fraction of sp³-hybridized carbons (Fsp3) is 0.368. The Morgan fingerprint density at radius 3 is 2.67 bits per heavy atom. The molecule has 7 nitrogen and oxygen atoms in total. The van der Waals surface area contributed by atoms with Crippen molar-refractivity contribution < 1.29 is 17.9 Å². The molecule has 0 radical (unpaired) electrons. The molecule has 0 spiro atoms. The van der Waals surface area contributed by atoms with Crippen molar-refractivity contribution in [2.75, 3.05) is 50.5 Å². The van der Waals surface area contributed by atoms with E-state index in [1.165, 1.54) is 22.7 Å². The van der Waals surface area contributed by atoms with Crippen molar-refractivity contribution >= 4 is 65.4 Å². The summed E-state index contributed by atoms with van der Waals surface area (Å²) in [6.07, 6.45) is 1.16. The molecule has 160 valence electrons. The van der Waals surface area contributed by atoms with Gasteiger partial charge in [0.2, 0.25) is 0 Å². The number of morpholine rings is 1. The summed E-state index contributed by atoms with van der Waals surface area (Å²) in [4.78, 5) is 22.4. The Kier molecular flexibility index (Phi) is 6.42. The summed E-state index contributed by atoms with van der Waals surface area (Å²) < 4.78 is 31.0. The standard InChI is InChI=1S/C19H20ClN3O4S3/c1-30(25,26)15-4-2-3-13-17(15)21-19(29-13)23(8-7-22-9-11-27-12-10-22)18(24)14-5-6-16(20)28-14/h2-6H,7-12H2,1H3. The third-order valence-electron chi connectivity index (χ3n) is 4.77. The van der Waals surface area contributed by atoms with Crippen molar-refractivity contribution in [3.8, 4) is 0 Å². The Balaban J connectivity index is 1.70. The van der Waals surface area contributed by atoms with Crippen molar-refractivity contribution in [2.45, 2.75) is 4.90 Å². The van der Waals surface area contributed by atoms with Crippen LogP contribution in [0.3, 0.4) is 0 Å². The number of hydrogen-bond donors (Lipinski definition) is 0. The minimum atomic E-state index is -3.44. The summed E-state index contributed by atoms with van der Waals surface area (Å²) in [5, 5.41) is 0.476. The van der Waals surface area contributed by atoms with E-state index < -0.39 is 9.84 Å². The fourth-order valence-corrected chi connectivity index (χ4v) is 6.14. The monoisotopic (exact) mass is 485 g/mol. The van der Waals surface area contributed by atoms with E-state index in [4.69, 9.17) is 16.3 Å². The first kappa shape index (κ1) is 21.7. The van der Waals surface area contributed by atoms with Gasteiger partial charge >= 0.3 is 0 Å². The number of thiazole rings is 1. The summed E-state index contributed by atoms with van der Waals surface area (Å²) in [6.45, 7) is 4.07. The molecule has 4 rings (SSSR count). The molecule has 0 bridgehead atoms. The van der Waals surface area contributed by atoms with Crippen LogP contribution >= 0.6 is 34.3 Å². The molecule has 2 aromatic heterocycles. The molecule has 1 saturated heterocycles. The number of carbonyl (C=O) groups excluding carboxylic acids is 1. The van der Waals surface area contributed by atoms with Crippen LogP contribution in [0.15, 0.2) is 35.2 Å². The summed E-state index contributed by atoms with van der Waals surface area (Å²) in [7, 11) is -3.44. The molecular weight excluding hydrogens is 466 g/mol. The van der Waals surface area contributed by atoms with Gasteiger partial charge in [-0.2, -0.15) is 0 Å². The number of thiophene rings is 1. The predicted molar refractivity (Wildman–Crippen MR) is 121 cm³/mol. The van der Waals surface area contributed by atoms with E-state index in [-0.39, 0.29) is 10.8 Å². The van der Waals surface area contributed by atoms with Crippen LogP contribution in [0.4, 0.5) is 5.13 Å². The van der Waals surface area contributed by atoms with Crippen molar-refractivity contribution in [3.63, 3.8) is 0 Å². The smallest absolute Gasteiger partial charge is 0.270 e.